The van der Waals surface area contributed by atoms with Gasteiger partial charge in [-0.15, -0.1) is 0 Å². The number of methoxy groups -OCH3 is 1. The number of piperazine rings is 1. The van der Waals surface area contributed by atoms with Crippen LogP contribution in [0.25, 0.3) is 10.9 Å². The van der Waals surface area contributed by atoms with Crippen molar-refractivity contribution in [2.45, 2.75) is 76.2 Å². The summed E-state index contributed by atoms with van der Waals surface area (Å²) in [5.41, 5.74) is 6.12. The van der Waals surface area contributed by atoms with Crippen LogP contribution < -0.4 is 30.9 Å². The Labute approximate surface area is 393 Å². The van der Waals surface area contributed by atoms with Crippen LogP contribution in [-0.4, -0.2) is 109 Å². The minimum atomic E-state index is -2.75. The SMILES string of the molecule is CCc1ccc2c(P(C)(C)=O)c(Nc3nc(Nc4cc(C5CC5)c(N5CCC(N6CCN(CCc7cc(F)c([C@H]8CCC(=O)NC8=O)c(F)c7)CC6)CC5)cc4OC)ncc3Br)ccc2n1. The van der Waals surface area contributed by atoms with E-state index in [2.05, 4.69) is 70.6 Å². The Morgan fingerprint density at radius 1 is 0.894 bits per heavy atom. The van der Waals surface area contributed by atoms with Crippen LogP contribution in [0.15, 0.2) is 59.2 Å². The number of anilines is 5. The molecule has 4 fully saturated rings. The van der Waals surface area contributed by atoms with Gasteiger partial charge in [0.15, 0.2) is 0 Å². The minimum absolute atomic E-state index is 0.0660. The first-order chi connectivity index (χ1) is 31.8. The molecule has 3 N–H and O–H groups in total. The van der Waals surface area contributed by atoms with Crippen molar-refractivity contribution in [2.75, 3.05) is 81.8 Å². The van der Waals surface area contributed by atoms with Gasteiger partial charge in [0.1, 0.15) is 30.3 Å². The number of rotatable bonds is 14. The number of aryl methyl sites for hydroxylation is 1. The molecule has 348 valence electrons. The maximum Gasteiger partial charge on any atom is 0.234 e. The fourth-order valence-electron chi connectivity index (χ4n) is 9.91. The van der Waals surface area contributed by atoms with Gasteiger partial charge in [-0.3, -0.25) is 24.8 Å². The molecule has 9 rings (SSSR count). The number of carbonyl (C=O) groups excluding carboxylic acids is 2. The van der Waals surface area contributed by atoms with Crippen molar-refractivity contribution in [1.82, 2.24) is 30.1 Å². The number of nitrogens with zero attached hydrogens (tertiary/aromatic N) is 6. The van der Waals surface area contributed by atoms with Crippen LogP contribution >= 0.6 is 23.1 Å². The van der Waals surface area contributed by atoms with E-state index in [1.165, 1.54) is 23.4 Å². The lowest BCUT2D eigenvalue weighted by Gasteiger charge is -2.43. The monoisotopic (exact) mass is 983 g/mol. The summed E-state index contributed by atoms with van der Waals surface area (Å²) in [6.45, 7) is 11.8. The van der Waals surface area contributed by atoms with E-state index < -0.39 is 36.5 Å². The summed E-state index contributed by atoms with van der Waals surface area (Å²) in [6.07, 6.45) is 7.58. The van der Waals surface area contributed by atoms with E-state index in [1.807, 2.05) is 24.3 Å². The van der Waals surface area contributed by atoms with Crippen LogP contribution in [-0.2, 0) is 27.0 Å². The molecule has 66 heavy (non-hydrogen) atoms. The van der Waals surface area contributed by atoms with Gasteiger partial charge in [0.25, 0.3) is 0 Å². The van der Waals surface area contributed by atoms with Crippen LogP contribution in [0, 0.1) is 11.6 Å². The summed E-state index contributed by atoms with van der Waals surface area (Å²) < 4.78 is 50.7. The summed E-state index contributed by atoms with van der Waals surface area (Å²) in [6, 6.07) is 15.4. The molecule has 2 amide bonds. The zero-order chi connectivity index (χ0) is 46.3. The second-order valence-corrected chi connectivity index (χ2v) is 22.4. The number of imide groups is 1. The number of benzene rings is 3. The average molecular weight is 985 g/mol. The van der Waals surface area contributed by atoms with Gasteiger partial charge in [0.05, 0.1) is 34.4 Å². The first-order valence-corrected chi connectivity index (χ1v) is 26.4. The molecule has 0 bridgehead atoms. The van der Waals surface area contributed by atoms with Gasteiger partial charge in [-0.1, -0.05) is 13.0 Å². The second kappa shape index (κ2) is 19.3. The third-order valence-corrected chi connectivity index (χ3v) is 15.7. The molecule has 1 atom stereocenters. The number of halogens is 3. The Bertz CT molecular complexity index is 2700. The summed E-state index contributed by atoms with van der Waals surface area (Å²) in [5, 5.41) is 10.7. The highest BCUT2D eigenvalue weighted by molar-refractivity contribution is 9.10. The van der Waals surface area contributed by atoms with E-state index >= 15 is 8.78 Å². The van der Waals surface area contributed by atoms with Gasteiger partial charge in [-0.2, -0.15) is 4.98 Å². The van der Waals surface area contributed by atoms with E-state index in [0.717, 1.165) is 99.0 Å². The molecule has 13 nitrogen and oxygen atoms in total. The fraction of sp³-hybridized carbons (Fsp3) is 0.449. The lowest BCUT2D eigenvalue weighted by Crippen LogP contribution is -2.53. The second-order valence-electron chi connectivity index (χ2n) is 18.4. The van der Waals surface area contributed by atoms with Crippen LogP contribution in [0.4, 0.5) is 37.6 Å². The predicted molar refractivity (Wildman–Crippen MR) is 260 cm³/mol. The number of piperidine rings is 2. The largest absolute Gasteiger partial charge is 0.494 e. The Kier molecular flexibility index (Phi) is 13.5. The van der Waals surface area contributed by atoms with Crippen molar-refractivity contribution in [1.29, 1.82) is 0 Å². The fourth-order valence-corrected chi connectivity index (χ4v) is 11.7. The third kappa shape index (κ3) is 9.98. The van der Waals surface area contributed by atoms with E-state index in [1.54, 1.807) is 26.6 Å². The Balaban J connectivity index is 0.822. The van der Waals surface area contributed by atoms with E-state index in [9.17, 15) is 14.2 Å². The van der Waals surface area contributed by atoms with E-state index in [-0.39, 0.29) is 18.4 Å². The van der Waals surface area contributed by atoms with Gasteiger partial charge < -0.3 is 29.7 Å². The van der Waals surface area contributed by atoms with Crippen molar-refractivity contribution in [3.8, 4) is 5.75 Å². The molecule has 0 spiro atoms. The summed E-state index contributed by atoms with van der Waals surface area (Å²) in [7, 11) is -1.06. The maximum atomic E-state index is 15.1. The first-order valence-electron chi connectivity index (χ1n) is 23.1. The Morgan fingerprint density at radius 2 is 1.64 bits per heavy atom. The van der Waals surface area contributed by atoms with Crippen molar-refractivity contribution < 1.29 is 27.7 Å². The summed E-state index contributed by atoms with van der Waals surface area (Å²) >= 11 is 3.63. The zero-order valence-electron chi connectivity index (χ0n) is 37.9. The van der Waals surface area contributed by atoms with Crippen LogP contribution in [0.3, 0.4) is 0 Å². The highest BCUT2D eigenvalue weighted by Crippen LogP contribution is 2.49. The molecule has 3 aliphatic heterocycles. The Hall–Kier alpha value is -5.02. The number of ether oxygens (including phenoxy) is 1. The Morgan fingerprint density at radius 3 is 2.30 bits per heavy atom. The lowest BCUT2D eigenvalue weighted by atomic mass is 9.89. The smallest absolute Gasteiger partial charge is 0.234 e. The molecule has 4 aliphatic rings. The third-order valence-electron chi connectivity index (χ3n) is 13.6. The number of aromatic nitrogens is 3. The van der Waals surface area contributed by atoms with Crippen molar-refractivity contribution in [3.63, 3.8) is 0 Å². The standard InChI is InChI=1S/C49H57BrF2N9O4P/c1-5-31-8-9-33-39(54-31)11-12-40(46(33)66(3,4)64)55-47-36(50)28-53-49(58-47)56-41-26-35(30-6-7-30)42(27-43(41)65-2)61-18-15-32(16-19-61)60-22-20-59(21-23-60)17-14-29-24-37(51)45(38(52)25-29)34-10-13-44(62)57-48(34)63/h8-9,11-12,24-28,30,32,34H,5-7,10,13-23H2,1-4H3,(H,57,62,63)(H2,53,55,56,58)/t34-/m1/s1. The molecule has 17 heteroatoms. The number of hydrogen-bond acceptors (Lipinski definition) is 12. The normalized spacial score (nSPS) is 19.0. The van der Waals surface area contributed by atoms with Crippen molar-refractivity contribution in [3.05, 3.63) is 93.2 Å². The number of nitrogens with one attached hydrogen (secondary N) is 3. The molecule has 3 saturated heterocycles. The molecule has 1 saturated carbocycles. The molecular weight excluding hydrogens is 927 g/mol. The molecule has 3 aromatic carbocycles. The number of pyridine rings is 1. The van der Waals surface area contributed by atoms with E-state index in [0.29, 0.717) is 58.2 Å². The predicted octanol–water partition coefficient (Wildman–Crippen LogP) is 8.60. The number of hydrogen-bond donors (Lipinski definition) is 3. The first kappa shape index (κ1) is 46.1. The summed E-state index contributed by atoms with van der Waals surface area (Å²) in [4.78, 5) is 45.6. The molecule has 5 heterocycles. The van der Waals surface area contributed by atoms with Crippen LogP contribution in [0.5, 0.6) is 5.75 Å². The van der Waals surface area contributed by atoms with Gasteiger partial charge in [-0.05, 0) is 128 Å². The number of carbonyl (C=O) groups is 2. The lowest BCUT2D eigenvalue weighted by molar-refractivity contribution is -0.134. The van der Waals surface area contributed by atoms with Crippen molar-refractivity contribution >= 4 is 79.9 Å². The van der Waals surface area contributed by atoms with Crippen LogP contribution in [0.2, 0.25) is 0 Å². The van der Waals surface area contributed by atoms with Gasteiger partial charge >= 0.3 is 0 Å². The maximum absolute atomic E-state index is 15.1. The highest BCUT2D eigenvalue weighted by Gasteiger charge is 2.35. The van der Waals surface area contributed by atoms with Gasteiger partial charge in [0.2, 0.25) is 17.8 Å². The van der Waals surface area contributed by atoms with Crippen LogP contribution in [0.1, 0.15) is 79.7 Å². The number of amides is 2. The van der Waals surface area contributed by atoms with Gasteiger partial charge in [0, 0.05) is 98.2 Å². The molecule has 0 unspecified atom stereocenters. The van der Waals surface area contributed by atoms with Crippen molar-refractivity contribution in [2.24, 2.45) is 0 Å². The molecule has 5 aromatic rings. The zero-order valence-corrected chi connectivity index (χ0v) is 40.4. The molecular formula is C49H57BrF2N9O4P. The molecule has 2 aromatic heterocycles. The molecule has 0 radical (unpaired) electrons. The quantitative estimate of drug-likeness (QED) is 0.0724. The highest BCUT2D eigenvalue weighted by atomic mass is 79.9. The van der Waals surface area contributed by atoms with Gasteiger partial charge in [-0.25, -0.2) is 13.8 Å². The minimum Gasteiger partial charge on any atom is -0.494 e. The molecule has 1 aliphatic carbocycles. The summed E-state index contributed by atoms with van der Waals surface area (Å²) in [5.74, 6) is -1.40. The number of fused-ring (bicyclic) bond motifs is 1. The topological polar surface area (TPSA) is 145 Å². The van der Waals surface area contributed by atoms with E-state index in [4.69, 9.17) is 14.7 Å². The average Bonchev–Trinajstić information content (AvgIpc) is 4.15.